The standard InChI is InChI=1S/C32H46F2/c1-3-5-6-7-8-23-9-11-25(12-10-23)26-13-15-27(16-14-26)28-17-19-29(20-18-28)30-22-21-24(4-2)31(33)32(30)34/h3,5,19,21-23,25-28H,4,6-18,20H2,1-2H3/b5-3-. The van der Waals surface area contributed by atoms with Crippen molar-refractivity contribution >= 4 is 5.57 Å². The van der Waals surface area contributed by atoms with Crippen molar-refractivity contribution in [3.63, 3.8) is 0 Å². The number of hydrogen-bond donors (Lipinski definition) is 0. The van der Waals surface area contributed by atoms with Gasteiger partial charge in [-0.1, -0.05) is 56.5 Å². The van der Waals surface area contributed by atoms with Crippen molar-refractivity contribution in [2.75, 3.05) is 0 Å². The van der Waals surface area contributed by atoms with Crippen molar-refractivity contribution in [1.29, 1.82) is 0 Å². The Bertz CT molecular complexity index is 835. The van der Waals surface area contributed by atoms with Gasteiger partial charge in [-0.15, -0.1) is 0 Å². The average Bonchev–Trinajstić information content (AvgIpc) is 2.89. The average molecular weight is 469 g/mol. The molecular formula is C32H46F2. The number of benzene rings is 1. The first-order chi connectivity index (χ1) is 16.6. The SMILES string of the molecule is C/C=C\CCCC1CCC(C2CCC(C3CC=C(c4ccc(CC)c(F)c4F)CC3)CC2)CC1. The van der Waals surface area contributed by atoms with E-state index in [0.29, 0.717) is 17.5 Å². The Balaban J connectivity index is 1.21. The van der Waals surface area contributed by atoms with Gasteiger partial charge in [-0.2, -0.15) is 0 Å². The predicted octanol–water partition coefficient (Wildman–Crippen LogP) is 10.1. The first-order valence-corrected chi connectivity index (χ1v) is 14.4. The van der Waals surface area contributed by atoms with Crippen molar-refractivity contribution in [2.45, 2.75) is 110 Å². The number of halogens is 2. The lowest BCUT2D eigenvalue weighted by Gasteiger charge is -2.40. The molecule has 1 aromatic carbocycles. The molecule has 0 bridgehead atoms. The topological polar surface area (TPSA) is 0 Å². The Morgan fingerprint density at radius 2 is 1.47 bits per heavy atom. The van der Waals surface area contributed by atoms with Gasteiger partial charge in [0, 0.05) is 5.56 Å². The molecule has 0 N–H and O–H groups in total. The molecule has 3 aliphatic carbocycles. The second kappa shape index (κ2) is 12.5. The molecule has 34 heavy (non-hydrogen) atoms. The van der Waals surface area contributed by atoms with Gasteiger partial charge in [0.1, 0.15) is 0 Å². The molecule has 3 aliphatic rings. The van der Waals surface area contributed by atoms with Crippen LogP contribution in [0.4, 0.5) is 8.78 Å². The summed E-state index contributed by atoms with van der Waals surface area (Å²) in [6.07, 6.45) is 25.9. The van der Waals surface area contributed by atoms with Crippen LogP contribution in [-0.4, -0.2) is 0 Å². The number of allylic oxidation sites excluding steroid dienone is 4. The Kier molecular flexibility index (Phi) is 9.43. The Morgan fingerprint density at radius 3 is 2.06 bits per heavy atom. The summed E-state index contributed by atoms with van der Waals surface area (Å²) in [5.74, 6) is 3.21. The van der Waals surface area contributed by atoms with E-state index >= 15 is 0 Å². The second-order valence-corrected chi connectivity index (χ2v) is 11.5. The molecular weight excluding hydrogens is 422 g/mol. The summed E-state index contributed by atoms with van der Waals surface area (Å²) in [5.41, 5.74) is 1.99. The van der Waals surface area contributed by atoms with E-state index in [2.05, 4.69) is 25.2 Å². The fourth-order valence-electron chi connectivity index (χ4n) is 7.36. The molecule has 0 amide bonds. The highest BCUT2D eigenvalue weighted by Gasteiger charge is 2.34. The molecule has 0 spiro atoms. The molecule has 0 saturated heterocycles. The summed E-state index contributed by atoms with van der Waals surface area (Å²) in [7, 11) is 0. The number of unbranched alkanes of at least 4 members (excludes halogenated alkanes) is 1. The number of rotatable bonds is 8. The van der Waals surface area contributed by atoms with Crippen LogP contribution in [0.5, 0.6) is 0 Å². The molecule has 2 saturated carbocycles. The molecule has 1 aromatic rings. The first kappa shape index (κ1) is 25.6. The van der Waals surface area contributed by atoms with Crippen LogP contribution in [0.3, 0.4) is 0 Å². The smallest absolute Gasteiger partial charge is 0.166 e. The molecule has 4 rings (SSSR count). The van der Waals surface area contributed by atoms with Gasteiger partial charge < -0.3 is 0 Å². The van der Waals surface area contributed by atoms with Gasteiger partial charge >= 0.3 is 0 Å². The van der Waals surface area contributed by atoms with Gasteiger partial charge in [0.25, 0.3) is 0 Å². The highest BCUT2D eigenvalue weighted by molar-refractivity contribution is 5.67. The van der Waals surface area contributed by atoms with Crippen molar-refractivity contribution in [2.24, 2.45) is 29.6 Å². The van der Waals surface area contributed by atoms with E-state index in [-0.39, 0.29) is 0 Å². The van der Waals surface area contributed by atoms with Crippen LogP contribution in [0.2, 0.25) is 0 Å². The molecule has 1 atom stereocenters. The fourth-order valence-corrected chi connectivity index (χ4v) is 7.36. The van der Waals surface area contributed by atoms with E-state index < -0.39 is 11.6 Å². The summed E-state index contributed by atoms with van der Waals surface area (Å²) in [4.78, 5) is 0. The van der Waals surface area contributed by atoms with Gasteiger partial charge in [-0.25, -0.2) is 8.78 Å². The third-order valence-electron chi connectivity index (χ3n) is 9.60. The van der Waals surface area contributed by atoms with Crippen LogP contribution in [0.1, 0.15) is 115 Å². The lowest BCUT2D eigenvalue weighted by Crippen LogP contribution is -2.28. The Hall–Kier alpha value is -1.44. The first-order valence-electron chi connectivity index (χ1n) is 14.4. The molecule has 188 valence electrons. The van der Waals surface area contributed by atoms with Crippen LogP contribution in [0.25, 0.3) is 5.57 Å². The van der Waals surface area contributed by atoms with E-state index in [4.69, 9.17) is 0 Å². The summed E-state index contributed by atoms with van der Waals surface area (Å²) in [6.45, 7) is 3.99. The quantitative estimate of drug-likeness (QED) is 0.263. The number of aryl methyl sites for hydroxylation is 1. The summed E-state index contributed by atoms with van der Waals surface area (Å²) >= 11 is 0. The zero-order valence-corrected chi connectivity index (χ0v) is 21.6. The molecule has 0 nitrogen and oxygen atoms in total. The fraction of sp³-hybridized carbons (Fsp3) is 0.688. The van der Waals surface area contributed by atoms with Crippen LogP contribution in [0, 0.1) is 41.2 Å². The summed E-state index contributed by atoms with van der Waals surface area (Å²) in [6, 6.07) is 3.56. The largest absolute Gasteiger partial charge is 0.203 e. The minimum Gasteiger partial charge on any atom is -0.203 e. The molecule has 0 aromatic heterocycles. The van der Waals surface area contributed by atoms with Crippen LogP contribution >= 0.6 is 0 Å². The summed E-state index contributed by atoms with van der Waals surface area (Å²) in [5, 5.41) is 0. The zero-order chi connectivity index (χ0) is 23.9. The van der Waals surface area contributed by atoms with Gasteiger partial charge in [0.15, 0.2) is 11.6 Å². The van der Waals surface area contributed by atoms with Crippen LogP contribution < -0.4 is 0 Å². The number of hydrogen-bond acceptors (Lipinski definition) is 0. The van der Waals surface area contributed by atoms with E-state index in [1.807, 2.05) is 6.92 Å². The summed E-state index contributed by atoms with van der Waals surface area (Å²) < 4.78 is 28.9. The lowest BCUT2D eigenvalue weighted by molar-refractivity contribution is 0.120. The minimum absolute atomic E-state index is 0.477. The maximum atomic E-state index is 14.6. The van der Waals surface area contributed by atoms with Gasteiger partial charge in [-0.05, 0) is 125 Å². The normalized spacial score (nSPS) is 30.5. The highest BCUT2D eigenvalue weighted by Crippen LogP contribution is 2.46. The third-order valence-corrected chi connectivity index (χ3v) is 9.60. The van der Waals surface area contributed by atoms with E-state index in [1.165, 1.54) is 70.6 Å². The minimum atomic E-state index is -0.649. The van der Waals surface area contributed by atoms with Crippen molar-refractivity contribution < 1.29 is 8.78 Å². The van der Waals surface area contributed by atoms with Crippen LogP contribution in [-0.2, 0) is 6.42 Å². The van der Waals surface area contributed by atoms with E-state index in [9.17, 15) is 8.78 Å². The van der Waals surface area contributed by atoms with Gasteiger partial charge in [0.2, 0.25) is 0 Å². The van der Waals surface area contributed by atoms with Crippen LogP contribution in [0.15, 0.2) is 30.4 Å². The highest BCUT2D eigenvalue weighted by atomic mass is 19.2. The van der Waals surface area contributed by atoms with Gasteiger partial charge in [0.05, 0.1) is 0 Å². The Morgan fingerprint density at radius 1 is 0.824 bits per heavy atom. The van der Waals surface area contributed by atoms with Crippen molar-refractivity contribution in [3.05, 3.63) is 53.1 Å². The van der Waals surface area contributed by atoms with Gasteiger partial charge in [-0.3, -0.25) is 0 Å². The maximum Gasteiger partial charge on any atom is 0.166 e. The molecule has 0 heterocycles. The van der Waals surface area contributed by atoms with Crippen molar-refractivity contribution in [3.8, 4) is 0 Å². The zero-order valence-electron chi connectivity index (χ0n) is 21.6. The molecule has 0 aliphatic heterocycles. The third kappa shape index (κ3) is 6.21. The molecule has 2 fully saturated rings. The lowest BCUT2D eigenvalue weighted by atomic mass is 9.65. The van der Waals surface area contributed by atoms with E-state index in [0.717, 1.165) is 54.4 Å². The molecule has 1 unspecified atom stereocenters. The maximum absolute atomic E-state index is 14.6. The molecule has 2 heteroatoms. The van der Waals surface area contributed by atoms with E-state index in [1.54, 1.807) is 12.1 Å². The van der Waals surface area contributed by atoms with Crippen molar-refractivity contribution in [1.82, 2.24) is 0 Å². The second-order valence-electron chi connectivity index (χ2n) is 11.5. The molecule has 0 radical (unpaired) electrons. The monoisotopic (exact) mass is 468 g/mol. The Labute approximate surface area is 207 Å². The predicted molar refractivity (Wildman–Crippen MR) is 141 cm³/mol.